The number of rotatable bonds is 5. The summed E-state index contributed by atoms with van der Waals surface area (Å²) in [5.41, 5.74) is 6.38. The molecule has 0 unspecified atom stereocenters. The Morgan fingerprint density at radius 1 is 1.17 bits per heavy atom. The van der Waals surface area contributed by atoms with Gasteiger partial charge in [0.2, 0.25) is 30.4 Å². The Hall–Kier alpha value is -3.63. The maximum Gasteiger partial charge on any atom is 0.250 e. The number of benzene rings is 2. The summed E-state index contributed by atoms with van der Waals surface area (Å²) in [6.07, 6.45) is 0.221. The van der Waals surface area contributed by atoms with Crippen molar-refractivity contribution in [3.8, 4) is 11.5 Å². The summed E-state index contributed by atoms with van der Waals surface area (Å²) in [5.74, 6) is -2.48. The Balaban J connectivity index is 1.41. The Morgan fingerprint density at radius 2 is 1.94 bits per heavy atom. The molecule has 36 heavy (non-hydrogen) atoms. The van der Waals surface area contributed by atoms with Crippen molar-refractivity contribution in [2.24, 2.45) is 17.6 Å². The maximum atomic E-state index is 13.9. The molecule has 0 saturated carbocycles. The quantitative estimate of drug-likeness (QED) is 0.518. The van der Waals surface area contributed by atoms with E-state index >= 15 is 0 Å². The lowest BCUT2D eigenvalue weighted by Gasteiger charge is -2.29. The Labute approximate surface area is 211 Å². The predicted octanol–water partition coefficient (Wildman–Crippen LogP) is 1.56. The zero-order valence-corrected chi connectivity index (χ0v) is 20.1. The van der Waals surface area contributed by atoms with Gasteiger partial charge in [-0.2, -0.15) is 0 Å². The van der Waals surface area contributed by atoms with Gasteiger partial charge in [-0.25, -0.2) is 0 Å². The van der Waals surface area contributed by atoms with Gasteiger partial charge in [0.1, 0.15) is 5.54 Å². The molecule has 186 valence electrons. The number of hydrogen-bond donors (Lipinski definition) is 3. The number of ether oxygens (including phenoxy) is 2. The lowest BCUT2D eigenvalue weighted by molar-refractivity contribution is -0.143. The van der Waals surface area contributed by atoms with Gasteiger partial charge < -0.3 is 20.5 Å². The average Bonchev–Trinajstić information content (AvgIpc) is 3.57. The topological polar surface area (TPSA) is 140 Å². The molecule has 4 amide bonds. The number of primary amides is 1. The third-order valence-corrected chi connectivity index (χ3v) is 8.06. The molecule has 4 aliphatic heterocycles. The van der Waals surface area contributed by atoms with Crippen molar-refractivity contribution >= 4 is 40.9 Å². The minimum absolute atomic E-state index is 0.00865. The molecule has 2 aromatic carbocycles. The van der Waals surface area contributed by atoms with Crippen LogP contribution < -0.4 is 25.8 Å². The summed E-state index contributed by atoms with van der Waals surface area (Å²) in [6, 6.07) is 8.02. The molecule has 2 aromatic rings. The number of imide groups is 1. The van der Waals surface area contributed by atoms with Gasteiger partial charge in [-0.05, 0) is 42.7 Å². The summed E-state index contributed by atoms with van der Waals surface area (Å²) in [5, 5.41) is 6.64. The molecule has 4 atom stereocenters. The van der Waals surface area contributed by atoms with Crippen molar-refractivity contribution < 1.29 is 28.7 Å². The molecule has 4 heterocycles. The molecular weight excluding hydrogens is 488 g/mol. The van der Waals surface area contributed by atoms with E-state index in [4.69, 9.17) is 26.8 Å². The number of likely N-dealkylation sites (tertiary alicyclic amines) is 1. The number of nitrogens with zero attached hydrogens (tertiary/aromatic N) is 1. The molecule has 0 bridgehead atoms. The summed E-state index contributed by atoms with van der Waals surface area (Å²) in [4.78, 5) is 53.9. The van der Waals surface area contributed by atoms with Gasteiger partial charge in [0.25, 0.3) is 0 Å². The van der Waals surface area contributed by atoms with Crippen molar-refractivity contribution in [3.05, 3.63) is 52.0 Å². The van der Waals surface area contributed by atoms with E-state index < -0.39 is 47.0 Å². The Morgan fingerprint density at radius 3 is 2.72 bits per heavy atom. The molecule has 10 nitrogen and oxygen atoms in total. The first-order chi connectivity index (χ1) is 17.2. The molecule has 2 saturated heterocycles. The minimum Gasteiger partial charge on any atom is -0.454 e. The first kappa shape index (κ1) is 22.8. The van der Waals surface area contributed by atoms with Crippen LogP contribution in [-0.4, -0.2) is 41.4 Å². The van der Waals surface area contributed by atoms with Crippen molar-refractivity contribution in [3.63, 3.8) is 0 Å². The second-order valence-electron chi connectivity index (χ2n) is 9.57. The third kappa shape index (κ3) is 3.07. The summed E-state index contributed by atoms with van der Waals surface area (Å²) >= 11 is 6.29. The fourth-order valence-corrected chi connectivity index (χ4v) is 6.13. The zero-order valence-electron chi connectivity index (χ0n) is 19.3. The minimum atomic E-state index is -1.46. The molecule has 1 spiro atoms. The summed E-state index contributed by atoms with van der Waals surface area (Å²) in [7, 11) is 0. The van der Waals surface area contributed by atoms with Crippen LogP contribution in [0.5, 0.6) is 11.5 Å². The highest BCUT2D eigenvalue weighted by atomic mass is 35.5. The molecule has 0 aliphatic carbocycles. The van der Waals surface area contributed by atoms with Crippen molar-refractivity contribution in [2.75, 3.05) is 12.1 Å². The van der Waals surface area contributed by atoms with E-state index in [9.17, 15) is 19.2 Å². The molecule has 0 aromatic heterocycles. The largest absolute Gasteiger partial charge is 0.454 e. The van der Waals surface area contributed by atoms with Gasteiger partial charge in [0, 0.05) is 23.0 Å². The number of nitrogens with one attached hydrogen (secondary N) is 2. The zero-order chi connectivity index (χ0) is 25.4. The predicted molar refractivity (Wildman–Crippen MR) is 127 cm³/mol. The van der Waals surface area contributed by atoms with Crippen LogP contribution in [0.4, 0.5) is 5.69 Å². The molecule has 11 heteroatoms. The Bertz CT molecular complexity index is 1360. The number of anilines is 1. The summed E-state index contributed by atoms with van der Waals surface area (Å²) < 4.78 is 10.8. The van der Waals surface area contributed by atoms with E-state index in [0.717, 1.165) is 0 Å². The van der Waals surface area contributed by atoms with E-state index in [1.54, 1.807) is 37.3 Å². The van der Waals surface area contributed by atoms with Gasteiger partial charge in [-0.3, -0.25) is 29.4 Å². The van der Waals surface area contributed by atoms with Gasteiger partial charge in [0.05, 0.1) is 24.1 Å². The smallest absolute Gasteiger partial charge is 0.250 e. The fraction of sp³-hybridized carbons (Fsp3) is 0.360. The molecular formula is C25H23ClN4O6. The first-order valence-corrected chi connectivity index (χ1v) is 12.0. The van der Waals surface area contributed by atoms with Gasteiger partial charge >= 0.3 is 0 Å². The number of amides is 4. The fourth-order valence-electron chi connectivity index (χ4n) is 5.97. The molecule has 0 radical (unpaired) electrons. The molecule has 2 fully saturated rings. The molecule has 4 N–H and O–H groups in total. The second-order valence-corrected chi connectivity index (χ2v) is 9.97. The van der Waals surface area contributed by atoms with E-state index in [0.29, 0.717) is 38.9 Å². The number of hydrogen-bond acceptors (Lipinski definition) is 7. The van der Waals surface area contributed by atoms with E-state index in [1.807, 2.05) is 0 Å². The summed E-state index contributed by atoms with van der Waals surface area (Å²) in [6.45, 7) is 1.91. The van der Waals surface area contributed by atoms with Crippen molar-refractivity contribution in [2.45, 2.75) is 37.9 Å². The number of carbonyl (C=O) groups excluding carboxylic acids is 4. The Kier molecular flexibility index (Phi) is 5.03. The van der Waals surface area contributed by atoms with Crippen LogP contribution in [0, 0.1) is 18.8 Å². The van der Waals surface area contributed by atoms with Gasteiger partial charge in [-0.1, -0.05) is 23.7 Å². The number of halogens is 1. The van der Waals surface area contributed by atoms with E-state index in [1.165, 1.54) is 4.90 Å². The highest BCUT2D eigenvalue weighted by molar-refractivity contribution is 6.32. The van der Waals surface area contributed by atoms with Crippen LogP contribution in [0.25, 0.3) is 0 Å². The second kappa shape index (κ2) is 7.94. The molecule has 4 aliphatic rings. The molecule has 6 rings (SSSR count). The lowest BCUT2D eigenvalue weighted by atomic mass is 9.76. The standard InChI is InChI=1S/C25H23ClN4O6/c1-11-14(26)4-3-13-21(11)28-24(34)25(13)20-19(15(29-25)5-7-18(27)31)22(32)30(23(20)33)9-12-2-6-16-17(8-12)36-10-35-16/h2-4,6,8,15,19-20,29H,5,7,9-10H2,1H3,(H2,27,31)(H,28,34)/t15-,19+,20-,25-/m0/s1. The number of nitrogens with two attached hydrogens (primary N) is 1. The average molecular weight is 511 g/mol. The van der Waals surface area contributed by atoms with Gasteiger partial charge in [-0.15, -0.1) is 0 Å². The number of fused-ring (bicyclic) bond motifs is 5. The maximum absolute atomic E-state index is 13.9. The highest BCUT2D eigenvalue weighted by Crippen LogP contribution is 2.54. The van der Waals surface area contributed by atoms with E-state index in [2.05, 4.69) is 10.6 Å². The van der Waals surface area contributed by atoms with Crippen LogP contribution in [0.1, 0.15) is 29.5 Å². The monoisotopic (exact) mass is 510 g/mol. The normalized spacial score (nSPS) is 27.6. The first-order valence-electron chi connectivity index (χ1n) is 11.6. The van der Waals surface area contributed by atoms with Crippen LogP contribution >= 0.6 is 11.6 Å². The highest BCUT2D eigenvalue weighted by Gasteiger charge is 2.70. The van der Waals surface area contributed by atoms with Crippen LogP contribution in [0.2, 0.25) is 5.02 Å². The number of carbonyl (C=O) groups is 4. The lowest BCUT2D eigenvalue weighted by Crippen LogP contribution is -2.53. The van der Waals surface area contributed by atoms with Crippen molar-refractivity contribution in [1.82, 2.24) is 10.2 Å². The van der Waals surface area contributed by atoms with Gasteiger partial charge in [0.15, 0.2) is 11.5 Å². The van der Waals surface area contributed by atoms with Crippen molar-refractivity contribution in [1.29, 1.82) is 0 Å². The van der Waals surface area contributed by atoms with E-state index in [-0.39, 0.29) is 26.2 Å². The SMILES string of the molecule is Cc1c(Cl)ccc2c1NC(=O)[C@]21N[C@@H](CCC(N)=O)[C@H]2C(=O)N(Cc3ccc4c(c3)OCO4)C(=O)[C@H]21. The van der Waals surface area contributed by atoms with Crippen LogP contribution in [0.3, 0.4) is 0 Å². The van der Waals surface area contributed by atoms with Crippen LogP contribution in [0.15, 0.2) is 30.3 Å². The third-order valence-electron chi connectivity index (χ3n) is 7.66. The van der Waals surface area contributed by atoms with Crippen LogP contribution in [-0.2, 0) is 31.3 Å².